The molecule has 0 aliphatic carbocycles. The SMILES string of the molecule is CC.COC(=O)c1csc(C)c1C. The van der Waals surface area contributed by atoms with Crippen LogP contribution in [0.15, 0.2) is 5.38 Å². The molecule has 2 nitrogen and oxygen atoms in total. The van der Waals surface area contributed by atoms with Crippen LogP contribution >= 0.6 is 11.3 Å². The highest BCUT2D eigenvalue weighted by atomic mass is 32.1. The number of esters is 1. The quantitative estimate of drug-likeness (QED) is 0.651. The number of thiophene rings is 1. The van der Waals surface area contributed by atoms with Crippen LogP contribution < -0.4 is 0 Å². The third kappa shape index (κ3) is 2.84. The van der Waals surface area contributed by atoms with Crippen LogP contribution in [0.25, 0.3) is 0 Å². The molecule has 0 saturated heterocycles. The first-order valence-corrected chi connectivity index (χ1v) is 5.17. The highest BCUT2D eigenvalue weighted by Crippen LogP contribution is 2.20. The molecule has 1 aromatic rings. The van der Waals surface area contributed by atoms with E-state index < -0.39 is 0 Å². The molecule has 0 saturated carbocycles. The van der Waals surface area contributed by atoms with Crippen molar-refractivity contribution >= 4 is 17.3 Å². The Labute approximate surface area is 83.5 Å². The van der Waals surface area contributed by atoms with E-state index in [-0.39, 0.29) is 5.97 Å². The minimum atomic E-state index is -0.244. The van der Waals surface area contributed by atoms with Gasteiger partial charge in [0.25, 0.3) is 0 Å². The zero-order valence-corrected chi connectivity index (χ0v) is 9.62. The maximum Gasteiger partial charge on any atom is 0.338 e. The van der Waals surface area contributed by atoms with Crippen molar-refractivity contribution in [2.75, 3.05) is 7.11 Å². The number of hydrogen-bond donors (Lipinski definition) is 0. The molecule has 0 atom stereocenters. The van der Waals surface area contributed by atoms with Crippen molar-refractivity contribution in [3.63, 3.8) is 0 Å². The Hall–Kier alpha value is -0.830. The van der Waals surface area contributed by atoms with Gasteiger partial charge in [0, 0.05) is 10.3 Å². The standard InChI is InChI=1S/C8H10O2S.C2H6/c1-5-6(2)11-4-7(5)8(9)10-3;1-2/h4H,1-3H3;1-2H3. The van der Waals surface area contributed by atoms with Crippen LogP contribution in [-0.2, 0) is 4.74 Å². The first-order valence-electron chi connectivity index (χ1n) is 4.29. The Morgan fingerprint density at radius 1 is 1.38 bits per heavy atom. The van der Waals surface area contributed by atoms with Crippen molar-refractivity contribution in [1.82, 2.24) is 0 Å². The van der Waals surface area contributed by atoms with Gasteiger partial charge in [0.15, 0.2) is 0 Å². The Bertz CT molecular complexity index is 276. The lowest BCUT2D eigenvalue weighted by Crippen LogP contribution is -2.00. The van der Waals surface area contributed by atoms with Gasteiger partial charge in [0.1, 0.15) is 0 Å². The second-order valence-corrected chi connectivity index (χ2v) is 3.41. The topological polar surface area (TPSA) is 26.3 Å². The van der Waals surface area contributed by atoms with Crippen LogP contribution in [0.2, 0.25) is 0 Å². The lowest BCUT2D eigenvalue weighted by molar-refractivity contribution is 0.0600. The van der Waals surface area contributed by atoms with E-state index in [0.29, 0.717) is 5.56 Å². The summed E-state index contributed by atoms with van der Waals surface area (Å²) in [4.78, 5) is 12.2. The Morgan fingerprint density at radius 2 is 1.92 bits per heavy atom. The molecule has 74 valence electrons. The first kappa shape index (κ1) is 12.2. The molecule has 1 heterocycles. The summed E-state index contributed by atoms with van der Waals surface area (Å²) in [6, 6.07) is 0. The number of carbonyl (C=O) groups excluding carboxylic acids is 1. The predicted molar refractivity (Wildman–Crippen MR) is 56.5 cm³/mol. The highest BCUT2D eigenvalue weighted by Gasteiger charge is 2.11. The van der Waals surface area contributed by atoms with Crippen LogP contribution in [0.4, 0.5) is 0 Å². The van der Waals surface area contributed by atoms with Crippen molar-refractivity contribution in [3.05, 3.63) is 21.4 Å². The molecule has 0 aromatic carbocycles. The van der Waals surface area contributed by atoms with Crippen LogP contribution in [-0.4, -0.2) is 13.1 Å². The van der Waals surface area contributed by atoms with Crippen LogP contribution in [0.5, 0.6) is 0 Å². The molecule has 0 spiro atoms. The summed E-state index contributed by atoms with van der Waals surface area (Å²) < 4.78 is 4.60. The number of hydrogen-bond acceptors (Lipinski definition) is 3. The molecule has 0 bridgehead atoms. The number of ether oxygens (including phenoxy) is 1. The molecule has 0 fully saturated rings. The van der Waals surface area contributed by atoms with Gasteiger partial charge in [-0.05, 0) is 19.4 Å². The second kappa shape index (κ2) is 5.75. The van der Waals surface area contributed by atoms with Gasteiger partial charge < -0.3 is 4.74 Å². The van der Waals surface area contributed by atoms with Gasteiger partial charge in [-0.2, -0.15) is 0 Å². The van der Waals surface area contributed by atoms with E-state index in [1.165, 1.54) is 12.0 Å². The molecule has 1 aromatic heterocycles. The molecule has 0 radical (unpaired) electrons. The number of rotatable bonds is 1. The molecule has 13 heavy (non-hydrogen) atoms. The summed E-state index contributed by atoms with van der Waals surface area (Å²) >= 11 is 1.57. The molecule has 0 N–H and O–H groups in total. The van der Waals surface area contributed by atoms with Gasteiger partial charge in [0.05, 0.1) is 12.7 Å². The average molecular weight is 200 g/mol. The summed E-state index contributed by atoms with van der Waals surface area (Å²) in [5.74, 6) is -0.244. The smallest absolute Gasteiger partial charge is 0.338 e. The summed E-state index contributed by atoms with van der Waals surface area (Å²) in [5, 5.41) is 1.83. The molecule has 3 heteroatoms. The summed E-state index contributed by atoms with van der Waals surface area (Å²) in [7, 11) is 1.40. The van der Waals surface area contributed by atoms with E-state index in [1.54, 1.807) is 11.3 Å². The Kier molecular flexibility index (Phi) is 5.39. The third-order valence-corrected chi connectivity index (χ3v) is 2.70. The monoisotopic (exact) mass is 200 g/mol. The third-order valence-electron chi connectivity index (χ3n) is 1.69. The van der Waals surface area contributed by atoms with Gasteiger partial charge in [-0.15, -0.1) is 11.3 Å². The fourth-order valence-corrected chi connectivity index (χ4v) is 1.68. The van der Waals surface area contributed by atoms with Crippen molar-refractivity contribution in [1.29, 1.82) is 0 Å². The van der Waals surface area contributed by atoms with Gasteiger partial charge in [-0.3, -0.25) is 0 Å². The number of aryl methyl sites for hydroxylation is 1. The van der Waals surface area contributed by atoms with Crippen molar-refractivity contribution in [3.8, 4) is 0 Å². The predicted octanol–water partition coefficient (Wildman–Crippen LogP) is 3.18. The van der Waals surface area contributed by atoms with Crippen molar-refractivity contribution in [2.45, 2.75) is 27.7 Å². The zero-order chi connectivity index (χ0) is 10.4. The zero-order valence-electron chi connectivity index (χ0n) is 8.80. The van der Waals surface area contributed by atoms with Gasteiger partial charge >= 0.3 is 5.97 Å². The highest BCUT2D eigenvalue weighted by molar-refractivity contribution is 7.10. The molecule has 1 rings (SSSR count). The summed E-state index contributed by atoms with van der Waals surface area (Å²) in [6.45, 7) is 7.92. The fraction of sp³-hybridized carbons (Fsp3) is 0.500. The van der Waals surface area contributed by atoms with E-state index in [2.05, 4.69) is 4.74 Å². The lowest BCUT2D eigenvalue weighted by Gasteiger charge is -1.96. The van der Waals surface area contributed by atoms with E-state index >= 15 is 0 Å². The summed E-state index contributed by atoms with van der Waals surface area (Å²) in [5.41, 5.74) is 1.72. The van der Waals surface area contributed by atoms with Crippen LogP contribution in [0.3, 0.4) is 0 Å². The number of methoxy groups -OCH3 is 1. The van der Waals surface area contributed by atoms with Crippen LogP contribution in [0, 0.1) is 13.8 Å². The van der Waals surface area contributed by atoms with E-state index in [0.717, 1.165) is 5.56 Å². The van der Waals surface area contributed by atoms with E-state index in [1.807, 2.05) is 33.1 Å². The lowest BCUT2D eigenvalue weighted by atomic mass is 10.2. The largest absolute Gasteiger partial charge is 0.465 e. The van der Waals surface area contributed by atoms with Gasteiger partial charge in [-0.1, -0.05) is 13.8 Å². The van der Waals surface area contributed by atoms with Crippen molar-refractivity contribution in [2.24, 2.45) is 0 Å². The van der Waals surface area contributed by atoms with Crippen LogP contribution in [0.1, 0.15) is 34.6 Å². The minimum Gasteiger partial charge on any atom is -0.465 e. The molecule has 0 aliphatic heterocycles. The molecule has 0 unspecified atom stereocenters. The van der Waals surface area contributed by atoms with Gasteiger partial charge in [0.2, 0.25) is 0 Å². The molecular weight excluding hydrogens is 184 g/mol. The fourth-order valence-electron chi connectivity index (χ4n) is 0.825. The molecular formula is C10H16O2S. The van der Waals surface area contributed by atoms with Crippen molar-refractivity contribution < 1.29 is 9.53 Å². The molecule has 0 aliphatic rings. The maximum atomic E-state index is 11.0. The maximum absolute atomic E-state index is 11.0. The number of carbonyl (C=O) groups is 1. The van der Waals surface area contributed by atoms with Gasteiger partial charge in [-0.25, -0.2) is 4.79 Å². The van der Waals surface area contributed by atoms with E-state index in [4.69, 9.17) is 0 Å². The second-order valence-electron chi connectivity index (χ2n) is 2.32. The molecule has 0 amide bonds. The average Bonchev–Trinajstić information content (AvgIpc) is 2.50. The Morgan fingerprint density at radius 3 is 2.23 bits per heavy atom. The minimum absolute atomic E-state index is 0.244. The first-order chi connectivity index (χ1) is 6.16. The summed E-state index contributed by atoms with van der Waals surface area (Å²) in [6.07, 6.45) is 0. The normalized spacial score (nSPS) is 8.69. The Balaban J connectivity index is 0.000000671. The van der Waals surface area contributed by atoms with E-state index in [9.17, 15) is 4.79 Å².